The fourth-order valence-electron chi connectivity index (χ4n) is 1.13. The molecule has 3 N–H and O–H groups in total. The molecule has 5 nitrogen and oxygen atoms in total. The van der Waals surface area contributed by atoms with Crippen LogP contribution in [0.5, 0.6) is 0 Å². The second-order valence-electron chi connectivity index (χ2n) is 4.84. The Hall–Kier alpha value is -1.35. The molecular formula is C10H16N3O2Si. The average molecular weight is 238 g/mol. The summed E-state index contributed by atoms with van der Waals surface area (Å²) in [6.45, 7) is 3.63. The molecule has 87 valence electrons. The maximum absolute atomic E-state index is 11.5. The normalized spacial score (nSPS) is 17.3. The molecule has 1 aliphatic carbocycles. The molecule has 0 aromatic rings. The van der Waals surface area contributed by atoms with Crippen LogP contribution in [0, 0.1) is 17.8 Å². The van der Waals surface area contributed by atoms with E-state index in [2.05, 4.69) is 11.4 Å². The minimum atomic E-state index is -2.17. The van der Waals surface area contributed by atoms with E-state index in [0.717, 1.165) is 0 Å². The van der Waals surface area contributed by atoms with E-state index in [4.69, 9.17) is 11.0 Å². The van der Waals surface area contributed by atoms with Crippen molar-refractivity contribution in [1.82, 2.24) is 5.32 Å². The smallest absolute Gasteiger partial charge is 0.224 e. The maximum Gasteiger partial charge on any atom is 0.224 e. The van der Waals surface area contributed by atoms with Gasteiger partial charge in [-0.2, -0.15) is 5.26 Å². The van der Waals surface area contributed by atoms with E-state index in [0.29, 0.717) is 18.9 Å². The number of hydrogen-bond donors (Lipinski definition) is 2. The molecule has 1 fully saturated rings. The third-order valence-electron chi connectivity index (χ3n) is 2.79. The van der Waals surface area contributed by atoms with Crippen LogP contribution in [-0.4, -0.2) is 25.1 Å². The molecule has 0 bridgehead atoms. The van der Waals surface area contributed by atoms with Gasteiger partial charge >= 0.3 is 0 Å². The Bertz CT molecular complexity index is 356. The number of nitrogens with zero attached hydrogens (tertiary/aromatic N) is 1. The molecule has 1 radical (unpaired) electrons. The van der Waals surface area contributed by atoms with Crippen molar-refractivity contribution in [3.63, 3.8) is 0 Å². The van der Waals surface area contributed by atoms with Crippen LogP contribution < -0.4 is 11.1 Å². The Morgan fingerprint density at radius 2 is 2.12 bits per heavy atom. The van der Waals surface area contributed by atoms with E-state index in [-0.39, 0.29) is 11.4 Å². The van der Waals surface area contributed by atoms with Crippen molar-refractivity contribution in [2.45, 2.75) is 37.5 Å². The van der Waals surface area contributed by atoms with Crippen molar-refractivity contribution in [2.75, 3.05) is 0 Å². The predicted molar refractivity (Wildman–Crippen MR) is 61.9 cm³/mol. The van der Waals surface area contributed by atoms with Crippen molar-refractivity contribution in [3.8, 4) is 6.07 Å². The molecule has 0 heterocycles. The first-order valence-electron chi connectivity index (χ1n) is 5.18. The highest BCUT2D eigenvalue weighted by Gasteiger charge is 2.44. The molecule has 0 aliphatic heterocycles. The van der Waals surface area contributed by atoms with E-state index in [9.17, 15) is 9.59 Å². The molecule has 2 amide bonds. The quantitative estimate of drug-likeness (QED) is 0.691. The zero-order chi connectivity index (χ0) is 12.4. The zero-order valence-corrected chi connectivity index (χ0v) is 10.5. The summed E-state index contributed by atoms with van der Waals surface area (Å²) >= 11 is 0. The van der Waals surface area contributed by atoms with Crippen molar-refractivity contribution < 1.29 is 9.59 Å². The summed E-state index contributed by atoms with van der Waals surface area (Å²) in [6, 6.07) is 2.48. The lowest BCUT2D eigenvalue weighted by molar-refractivity contribution is -0.118. The SMILES string of the molecule is C[Si](C)(C[CH]C(=O)NC1(C#N)CC1)C(N)=O. The van der Waals surface area contributed by atoms with Gasteiger partial charge in [0.05, 0.1) is 6.07 Å². The number of nitrogens with one attached hydrogen (secondary N) is 1. The largest absolute Gasteiger partial charge is 0.374 e. The van der Waals surface area contributed by atoms with Crippen LogP contribution in [0.2, 0.25) is 19.1 Å². The van der Waals surface area contributed by atoms with Crippen LogP contribution in [-0.2, 0) is 4.79 Å². The summed E-state index contributed by atoms with van der Waals surface area (Å²) in [5, 5.41) is 11.4. The van der Waals surface area contributed by atoms with E-state index >= 15 is 0 Å². The topological polar surface area (TPSA) is 96.0 Å². The van der Waals surface area contributed by atoms with Crippen molar-refractivity contribution in [1.29, 1.82) is 5.26 Å². The molecule has 0 aromatic carbocycles. The van der Waals surface area contributed by atoms with Crippen LogP contribution in [0.25, 0.3) is 0 Å². The van der Waals surface area contributed by atoms with Crippen LogP contribution in [0.3, 0.4) is 0 Å². The first kappa shape index (κ1) is 12.7. The minimum absolute atomic E-state index is 0.277. The number of nitrogens with two attached hydrogens (primary N) is 1. The van der Waals surface area contributed by atoms with E-state index in [1.54, 1.807) is 0 Å². The molecule has 1 aliphatic rings. The summed E-state index contributed by atoms with van der Waals surface area (Å²) in [5.74, 6) is -0.277. The van der Waals surface area contributed by atoms with Crippen LogP contribution in [0.15, 0.2) is 0 Å². The Morgan fingerprint density at radius 3 is 2.50 bits per heavy atom. The number of amides is 2. The third kappa shape index (κ3) is 3.07. The molecule has 0 unspecified atom stereocenters. The number of carbonyl (C=O) groups excluding carboxylic acids is 2. The van der Waals surface area contributed by atoms with Gasteiger partial charge in [0.2, 0.25) is 5.91 Å². The third-order valence-corrected chi connectivity index (χ3v) is 5.35. The van der Waals surface area contributed by atoms with Crippen LogP contribution in [0.1, 0.15) is 12.8 Å². The molecule has 6 heteroatoms. The maximum atomic E-state index is 11.5. The molecule has 0 atom stereocenters. The van der Waals surface area contributed by atoms with Crippen LogP contribution >= 0.6 is 0 Å². The van der Waals surface area contributed by atoms with Gasteiger partial charge < -0.3 is 11.1 Å². The number of rotatable bonds is 5. The number of nitriles is 1. The monoisotopic (exact) mass is 238 g/mol. The fraction of sp³-hybridized carbons (Fsp3) is 0.600. The van der Waals surface area contributed by atoms with Gasteiger partial charge in [-0.25, -0.2) is 0 Å². The Morgan fingerprint density at radius 1 is 1.56 bits per heavy atom. The molecular weight excluding hydrogens is 222 g/mol. The van der Waals surface area contributed by atoms with Gasteiger partial charge in [0.15, 0.2) is 13.6 Å². The zero-order valence-electron chi connectivity index (χ0n) is 9.54. The van der Waals surface area contributed by atoms with Gasteiger partial charge in [-0.1, -0.05) is 13.1 Å². The number of primary amides is 1. The fourth-order valence-corrected chi connectivity index (χ4v) is 2.02. The minimum Gasteiger partial charge on any atom is -0.374 e. The van der Waals surface area contributed by atoms with Crippen molar-refractivity contribution >= 4 is 19.5 Å². The van der Waals surface area contributed by atoms with Gasteiger partial charge in [0.1, 0.15) is 5.54 Å². The summed E-state index contributed by atoms with van der Waals surface area (Å²) in [7, 11) is -2.17. The second-order valence-corrected chi connectivity index (χ2v) is 9.51. The lowest BCUT2D eigenvalue weighted by Gasteiger charge is -2.17. The molecule has 0 saturated heterocycles. The summed E-state index contributed by atoms with van der Waals surface area (Å²) in [5.41, 5.74) is 4.29. The first-order chi connectivity index (χ1) is 7.31. The Kier molecular flexibility index (Phi) is 3.38. The molecule has 1 rings (SSSR count). The van der Waals surface area contributed by atoms with Gasteiger partial charge in [-0.15, -0.1) is 0 Å². The van der Waals surface area contributed by atoms with Gasteiger partial charge in [-0.05, 0) is 18.9 Å². The lowest BCUT2D eigenvalue weighted by Crippen LogP contribution is -2.44. The van der Waals surface area contributed by atoms with Gasteiger partial charge in [0.25, 0.3) is 0 Å². The molecule has 1 saturated carbocycles. The molecule has 0 aromatic heterocycles. The highest BCUT2D eigenvalue weighted by Crippen LogP contribution is 2.34. The highest BCUT2D eigenvalue weighted by molar-refractivity contribution is 7.04. The summed E-state index contributed by atoms with van der Waals surface area (Å²) in [4.78, 5) is 22.5. The Labute approximate surface area is 96.0 Å². The first-order valence-corrected chi connectivity index (χ1v) is 8.39. The lowest BCUT2D eigenvalue weighted by atomic mass is 10.3. The molecule has 0 spiro atoms. The van der Waals surface area contributed by atoms with Crippen molar-refractivity contribution in [3.05, 3.63) is 6.42 Å². The standard InChI is InChI=1S/C10H16N3O2Si/c1-16(2,9(12)15)6-3-8(14)13-10(7-11)4-5-10/h3H,4-6H2,1-2H3,(H2,12,15)(H,13,14). The second kappa shape index (κ2) is 4.26. The van der Waals surface area contributed by atoms with E-state index < -0.39 is 13.6 Å². The average Bonchev–Trinajstić information content (AvgIpc) is 2.95. The van der Waals surface area contributed by atoms with Gasteiger partial charge in [-0.3, -0.25) is 9.59 Å². The van der Waals surface area contributed by atoms with E-state index in [1.165, 1.54) is 6.42 Å². The Balaban J connectivity index is 2.37. The molecule has 16 heavy (non-hydrogen) atoms. The highest BCUT2D eigenvalue weighted by atomic mass is 28.3. The summed E-state index contributed by atoms with van der Waals surface area (Å²) < 4.78 is 0. The predicted octanol–water partition coefficient (Wildman–Crippen LogP) is 0.732. The van der Waals surface area contributed by atoms with Crippen molar-refractivity contribution in [2.24, 2.45) is 5.73 Å². The summed E-state index contributed by atoms with van der Waals surface area (Å²) in [6.07, 6.45) is 2.85. The number of carbonyl (C=O) groups is 2. The van der Waals surface area contributed by atoms with Crippen LogP contribution in [0.4, 0.5) is 4.79 Å². The van der Waals surface area contributed by atoms with E-state index in [1.807, 2.05) is 13.1 Å². The van der Waals surface area contributed by atoms with Gasteiger partial charge in [0, 0.05) is 6.42 Å². The number of hydrogen-bond acceptors (Lipinski definition) is 3.